The molecule has 2 heterocycles. The summed E-state index contributed by atoms with van der Waals surface area (Å²) in [6.07, 6.45) is 1.40. The zero-order chi connectivity index (χ0) is 17.0. The maximum Gasteiger partial charge on any atom is 0.191 e. The number of nitrogens with zero attached hydrogens (tertiary/aromatic N) is 3. The van der Waals surface area contributed by atoms with Gasteiger partial charge >= 0.3 is 0 Å². The van der Waals surface area contributed by atoms with Gasteiger partial charge in [0.15, 0.2) is 15.0 Å². The molecular formula is C16H21N3O3S2. The summed E-state index contributed by atoms with van der Waals surface area (Å²) in [5.41, 5.74) is 0. The second-order valence-corrected chi connectivity index (χ2v) is 9.23. The highest BCUT2D eigenvalue weighted by Crippen LogP contribution is 2.23. The SMILES string of the molecule is Cn1c(C[C@H]2CCS(=O)(=O)C2)nnc1SCCOc1ccccc1. The van der Waals surface area contributed by atoms with Crippen LogP contribution in [0.5, 0.6) is 5.75 Å². The van der Waals surface area contributed by atoms with Crippen LogP contribution < -0.4 is 4.74 Å². The average molecular weight is 367 g/mol. The van der Waals surface area contributed by atoms with Gasteiger partial charge in [-0.3, -0.25) is 0 Å². The molecule has 1 aromatic heterocycles. The fourth-order valence-corrected chi connectivity index (χ4v) is 5.36. The summed E-state index contributed by atoms with van der Waals surface area (Å²) in [6, 6.07) is 9.71. The van der Waals surface area contributed by atoms with E-state index in [0.717, 1.165) is 28.9 Å². The minimum absolute atomic E-state index is 0.164. The Balaban J connectivity index is 1.48. The van der Waals surface area contributed by atoms with Crippen LogP contribution >= 0.6 is 11.8 Å². The highest BCUT2D eigenvalue weighted by molar-refractivity contribution is 7.99. The molecule has 1 saturated heterocycles. The van der Waals surface area contributed by atoms with Gasteiger partial charge in [0.25, 0.3) is 0 Å². The molecule has 1 aromatic carbocycles. The third-order valence-corrected chi connectivity index (χ3v) is 6.87. The lowest BCUT2D eigenvalue weighted by Crippen LogP contribution is -2.11. The van der Waals surface area contributed by atoms with Crippen molar-refractivity contribution < 1.29 is 13.2 Å². The standard InChI is InChI=1S/C16H21N3O3S2/c1-19-15(11-13-7-10-24(20,21)12-13)17-18-16(19)23-9-8-22-14-5-3-2-4-6-14/h2-6,13H,7-12H2,1H3/t13-/m1/s1. The molecular weight excluding hydrogens is 346 g/mol. The fourth-order valence-electron chi connectivity index (χ4n) is 2.75. The lowest BCUT2D eigenvalue weighted by Gasteiger charge is -2.08. The lowest BCUT2D eigenvalue weighted by atomic mass is 10.1. The van der Waals surface area contributed by atoms with Crippen LogP contribution in [0.1, 0.15) is 12.2 Å². The van der Waals surface area contributed by atoms with Crippen LogP contribution in [0.3, 0.4) is 0 Å². The van der Waals surface area contributed by atoms with Gasteiger partial charge < -0.3 is 9.30 Å². The number of hydrogen-bond donors (Lipinski definition) is 0. The zero-order valence-electron chi connectivity index (χ0n) is 13.6. The van der Waals surface area contributed by atoms with Crippen LogP contribution in [-0.2, 0) is 23.3 Å². The smallest absolute Gasteiger partial charge is 0.191 e. The van der Waals surface area contributed by atoms with Crippen molar-refractivity contribution in [1.82, 2.24) is 14.8 Å². The third-order valence-electron chi connectivity index (χ3n) is 4.05. The zero-order valence-corrected chi connectivity index (χ0v) is 15.2. The Morgan fingerprint density at radius 2 is 2.08 bits per heavy atom. The normalized spacial score (nSPS) is 19.5. The van der Waals surface area contributed by atoms with Crippen LogP contribution in [0.4, 0.5) is 0 Å². The number of sulfone groups is 1. The molecule has 0 bridgehead atoms. The molecule has 1 aliphatic heterocycles. The summed E-state index contributed by atoms with van der Waals surface area (Å²) in [4.78, 5) is 0. The molecule has 0 amide bonds. The quantitative estimate of drug-likeness (QED) is 0.550. The molecule has 0 N–H and O–H groups in total. The van der Waals surface area contributed by atoms with E-state index < -0.39 is 9.84 Å². The molecule has 3 rings (SSSR count). The van der Waals surface area contributed by atoms with Gasteiger partial charge in [0.2, 0.25) is 0 Å². The first-order valence-electron chi connectivity index (χ1n) is 7.93. The number of hydrogen-bond acceptors (Lipinski definition) is 6. The van der Waals surface area contributed by atoms with Gasteiger partial charge in [0, 0.05) is 19.2 Å². The van der Waals surface area contributed by atoms with Crippen molar-refractivity contribution in [2.75, 3.05) is 23.9 Å². The molecule has 130 valence electrons. The van der Waals surface area contributed by atoms with Gasteiger partial charge in [-0.1, -0.05) is 30.0 Å². The predicted octanol–water partition coefficient (Wildman–Crippen LogP) is 1.96. The summed E-state index contributed by atoms with van der Waals surface area (Å²) in [5, 5.41) is 9.27. The van der Waals surface area contributed by atoms with E-state index >= 15 is 0 Å². The number of rotatable bonds is 7. The molecule has 0 spiro atoms. The number of thioether (sulfide) groups is 1. The molecule has 2 aromatic rings. The molecule has 8 heteroatoms. The van der Waals surface area contributed by atoms with Gasteiger partial charge in [-0.25, -0.2) is 8.42 Å². The van der Waals surface area contributed by atoms with Crippen LogP contribution in [0.15, 0.2) is 35.5 Å². The van der Waals surface area contributed by atoms with Crippen LogP contribution in [0.25, 0.3) is 0 Å². The van der Waals surface area contributed by atoms with E-state index in [9.17, 15) is 8.42 Å². The second-order valence-electron chi connectivity index (χ2n) is 5.94. The first kappa shape index (κ1) is 17.3. The molecule has 1 fully saturated rings. The predicted molar refractivity (Wildman–Crippen MR) is 94.1 cm³/mol. The van der Waals surface area contributed by atoms with Crippen LogP contribution in [-0.4, -0.2) is 47.0 Å². The number of aromatic nitrogens is 3. The molecule has 1 aliphatic rings. The van der Waals surface area contributed by atoms with Crippen molar-refractivity contribution >= 4 is 21.6 Å². The molecule has 0 aliphatic carbocycles. The van der Waals surface area contributed by atoms with Gasteiger partial charge in [0.1, 0.15) is 11.6 Å². The Kier molecular flexibility index (Phi) is 5.45. The summed E-state index contributed by atoms with van der Waals surface area (Å²) in [7, 11) is -0.915. The van der Waals surface area contributed by atoms with Crippen molar-refractivity contribution in [3.8, 4) is 5.75 Å². The third kappa shape index (κ3) is 4.51. The van der Waals surface area contributed by atoms with E-state index in [1.165, 1.54) is 0 Å². The Morgan fingerprint density at radius 1 is 1.29 bits per heavy atom. The minimum Gasteiger partial charge on any atom is -0.493 e. The molecule has 0 radical (unpaired) electrons. The summed E-state index contributed by atoms with van der Waals surface area (Å²) < 4.78 is 30.7. The summed E-state index contributed by atoms with van der Waals surface area (Å²) in [6.45, 7) is 0.595. The van der Waals surface area contributed by atoms with E-state index in [4.69, 9.17) is 4.74 Å². The van der Waals surface area contributed by atoms with E-state index in [1.807, 2.05) is 41.9 Å². The average Bonchev–Trinajstić information content (AvgIpc) is 3.08. The van der Waals surface area contributed by atoms with Crippen LogP contribution in [0.2, 0.25) is 0 Å². The lowest BCUT2D eigenvalue weighted by molar-refractivity contribution is 0.344. The minimum atomic E-state index is -2.84. The van der Waals surface area contributed by atoms with Gasteiger partial charge in [-0.2, -0.15) is 0 Å². The molecule has 1 atom stereocenters. The fraction of sp³-hybridized carbons (Fsp3) is 0.500. The van der Waals surface area contributed by atoms with E-state index in [2.05, 4.69) is 10.2 Å². The van der Waals surface area contributed by atoms with Gasteiger partial charge in [-0.05, 0) is 24.5 Å². The summed E-state index contributed by atoms with van der Waals surface area (Å²) in [5.74, 6) is 3.22. The van der Waals surface area contributed by atoms with E-state index in [0.29, 0.717) is 18.8 Å². The molecule has 6 nitrogen and oxygen atoms in total. The number of ether oxygens (including phenoxy) is 1. The molecule has 0 unspecified atom stereocenters. The Hall–Kier alpha value is -1.54. The first-order chi connectivity index (χ1) is 11.5. The van der Waals surface area contributed by atoms with Crippen molar-refractivity contribution in [1.29, 1.82) is 0 Å². The number of benzene rings is 1. The van der Waals surface area contributed by atoms with Gasteiger partial charge in [0.05, 0.1) is 18.1 Å². The highest BCUT2D eigenvalue weighted by atomic mass is 32.2. The topological polar surface area (TPSA) is 74.1 Å². The van der Waals surface area contributed by atoms with Crippen LogP contribution in [0, 0.1) is 5.92 Å². The highest BCUT2D eigenvalue weighted by Gasteiger charge is 2.29. The molecule has 24 heavy (non-hydrogen) atoms. The van der Waals surface area contributed by atoms with Crippen molar-refractivity contribution in [2.45, 2.75) is 18.0 Å². The Bertz CT molecular complexity index is 775. The van der Waals surface area contributed by atoms with E-state index in [-0.39, 0.29) is 11.7 Å². The second kappa shape index (κ2) is 7.57. The van der Waals surface area contributed by atoms with Crippen molar-refractivity contribution in [3.05, 3.63) is 36.2 Å². The number of para-hydroxylation sites is 1. The maximum atomic E-state index is 11.6. The van der Waals surface area contributed by atoms with Crippen molar-refractivity contribution in [3.63, 3.8) is 0 Å². The monoisotopic (exact) mass is 367 g/mol. The maximum absolute atomic E-state index is 11.6. The Labute approximate surface area is 146 Å². The largest absolute Gasteiger partial charge is 0.493 e. The first-order valence-corrected chi connectivity index (χ1v) is 10.7. The van der Waals surface area contributed by atoms with Crippen molar-refractivity contribution in [2.24, 2.45) is 13.0 Å². The summed E-state index contributed by atoms with van der Waals surface area (Å²) >= 11 is 1.59. The van der Waals surface area contributed by atoms with E-state index in [1.54, 1.807) is 11.8 Å². The Morgan fingerprint density at radius 3 is 2.79 bits per heavy atom. The molecule has 0 saturated carbocycles. The van der Waals surface area contributed by atoms with Gasteiger partial charge in [-0.15, -0.1) is 10.2 Å².